The van der Waals surface area contributed by atoms with Crippen molar-refractivity contribution in [2.24, 2.45) is 10.2 Å². The molecule has 0 aliphatic heterocycles. The highest BCUT2D eigenvalue weighted by atomic mass is 32.1. The Balaban J connectivity index is 2.52. The van der Waals surface area contributed by atoms with Crippen molar-refractivity contribution in [1.29, 1.82) is 0 Å². The van der Waals surface area contributed by atoms with Crippen LogP contribution in [-0.4, -0.2) is 67.6 Å². The van der Waals surface area contributed by atoms with Crippen LogP contribution in [0.5, 0.6) is 0 Å². The van der Waals surface area contributed by atoms with E-state index in [1.807, 2.05) is 73.9 Å². The lowest BCUT2D eigenvalue weighted by molar-refractivity contribution is 0.457. The van der Waals surface area contributed by atoms with Crippen molar-refractivity contribution in [1.82, 2.24) is 30.6 Å². The first kappa shape index (κ1) is 25.3. The number of hydrogen-bond donors (Lipinski definition) is 2. The van der Waals surface area contributed by atoms with Gasteiger partial charge in [0.05, 0.1) is 11.4 Å². The minimum atomic E-state index is 0.494. The number of hydrazone groups is 2. The molecule has 2 rings (SSSR count). The average Bonchev–Trinajstić information content (AvgIpc) is 2.83. The van der Waals surface area contributed by atoms with E-state index in [0.717, 1.165) is 26.2 Å². The Hall–Kier alpha value is -2.98. The van der Waals surface area contributed by atoms with Crippen LogP contribution in [0.15, 0.2) is 59.0 Å². The summed E-state index contributed by atoms with van der Waals surface area (Å²) < 4.78 is 0. The summed E-state index contributed by atoms with van der Waals surface area (Å²) in [5.41, 5.74) is 8.23. The first-order valence-electron chi connectivity index (χ1n) is 10.6. The van der Waals surface area contributed by atoms with Crippen molar-refractivity contribution in [3.05, 3.63) is 60.2 Å². The maximum absolute atomic E-state index is 5.51. The van der Waals surface area contributed by atoms with Gasteiger partial charge >= 0.3 is 0 Å². The molecule has 0 saturated heterocycles. The van der Waals surface area contributed by atoms with E-state index in [0.29, 0.717) is 33.0 Å². The number of aromatic nitrogens is 2. The van der Waals surface area contributed by atoms with Crippen molar-refractivity contribution in [3.63, 3.8) is 0 Å². The van der Waals surface area contributed by atoms with Gasteiger partial charge in [0.15, 0.2) is 10.2 Å². The molecule has 0 atom stereocenters. The molecule has 0 aromatic carbocycles. The average molecular weight is 471 g/mol. The van der Waals surface area contributed by atoms with E-state index in [1.54, 1.807) is 12.4 Å². The van der Waals surface area contributed by atoms with E-state index >= 15 is 0 Å². The van der Waals surface area contributed by atoms with Crippen LogP contribution in [0, 0.1) is 0 Å². The molecular weight excluding hydrogens is 440 g/mol. The molecule has 0 amide bonds. The minimum Gasteiger partial charge on any atom is -0.348 e. The highest BCUT2D eigenvalue weighted by molar-refractivity contribution is 7.80. The predicted molar refractivity (Wildman–Crippen MR) is 139 cm³/mol. The van der Waals surface area contributed by atoms with Gasteiger partial charge in [0.1, 0.15) is 11.4 Å². The van der Waals surface area contributed by atoms with Gasteiger partial charge in [-0.25, -0.2) is 0 Å². The third kappa shape index (κ3) is 7.03. The predicted octanol–water partition coefficient (Wildman–Crippen LogP) is 3.02. The van der Waals surface area contributed by atoms with Crippen LogP contribution in [0.3, 0.4) is 0 Å². The summed E-state index contributed by atoms with van der Waals surface area (Å²) in [5, 5.41) is 10.3. The number of pyridine rings is 2. The summed E-state index contributed by atoms with van der Waals surface area (Å²) in [5.74, 6) is 0. The largest absolute Gasteiger partial charge is 0.348 e. The molecule has 2 aromatic heterocycles. The molecule has 10 heteroatoms. The molecule has 0 unspecified atom stereocenters. The first-order chi connectivity index (χ1) is 15.5. The summed E-state index contributed by atoms with van der Waals surface area (Å²) in [6.07, 6.45) is 3.41. The molecular formula is C22H30N8S2. The number of nitrogens with one attached hydrogen (secondary N) is 2. The topological polar surface area (TPSA) is 81.0 Å². The molecule has 0 saturated carbocycles. The molecule has 0 radical (unpaired) electrons. The van der Waals surface area contributed by atoms with Crippen LogP contribution in [0.4, 0.5) is 0 Å². The van der Waals surface area contributed by atoms with E-state index < -0.39 is 0 Å². The molecule has 8 nitrogen and oxygen atoms in total. The fraction of sp³-hybridized carbons (Fsp3) is 0.364. The summed E-state index contributed by atoms with van der Waals surface area (Å²) in [7, 11) is 0. The summed E-state index contributed by atoms with van der Waals surface area (Å²) in [4.78, 5) is 13.0. The van der Waals surface area contributed by atoms with Crippen LogP contribution in [-0.2, 0) is 0 Å². The van der Waals surface area contributed by atoms with Crippen LogP contribution < -0.4 is 10.9 Å². The fourth-order valence-corrected chi connectivity index (χ4v) is 3.45. The Morgan fingerprint density at radius 2 is 1.09 bits per heavy atom. The van der Waals surface area contributed by atoms with Gasteiger partial charge in [0, 0.05) is 38.6 Å². The summed E-state index contributed by atoms with van der Waals surface area (Å²) in [6, 6.07) is 11.2. The molecule has 0 aliphatic carbocycles. The monoisotopic (exact) mass is 470 g/mol. The maximum Gasteiger partial charge on any atom is 0.189 e. The quantitative estimate of drug-likeness (QED) is 0.329. The lowest BCUT2D eigenvalue weighted by Crippen LogP contribution is -2.39. The summed E-state index contributed by atoms with van der Waals surface area (Å²) in [6.45, 7) is 11.3. The maximum atomic E-state index is 5.51. The third-order valence-corrected chi connectivity index (χ3v) is 5.37. The standard InChI is InChI=1S/C22H30N8S2/c1-5-29(6-2)21(31)27-25-19(17-13-9-11-15-23-17)20(18-14-10-12-16-24-18)26-28-22(32)30(7-3)8-4/h9-16H,5-8H2,1-4H3,(H,27,31)(H,28,32)/b25-19+,26-20+. The van der Waals surface area contributed by atoms with Crippen molar-refractivity contribution in [3.8, 4) is 0 Å². The molecule has 2 heterocycles. The van der Waals surface area contributed by atoms with Gasteiger partial charge in [-0.15, -0.1) is 0 Å². The first-order valence-corrected chi connectivity index (χ1v) is 11.5. The second kappa shape index (κ2) is 13.4. The van der Waals surface area contributed by atoms with E-state index in [2.05, 4.69) is 31.0 Å². The van der Waals surface area contributed by atoms with Gasteiger partial charge in [0.25, 0.3) is 0 Å². The van der Waals surface area contributed by atoms with E-state index in [-0.39, 0.29) is 0 Å². The normalized spacial score (nSPS) is 11.6. The molecule has 0 bridgehead atoms. The SMILES string of the molecule is CCN(CC)C(=S)N/N=C(/C(=N/NC(=S)N(CC)CC)c1ccccn1)c1ccccn1. The molecule has 2 N–H and O–H groups in total. The molecule has 0 spiro atoms. The number of thiocarbonyl (C=S) groups is 2. The molecule has 0 fully saturated rings. The number of rotatable bonds is 9. The fourth-order valence-electron chi connectivity index (χ4n) is 2.84. The van der Waals surface area contributed by atoms with Crippen molar-refractivity contribution >= 4 is 46.1 Å². The van der Waals surface area contributed by atoms with Crippen molar-refractivity contribution in [2.45, 2.75) is 27.7 Å². The van der Waals surface area contributed by atoms with Crippen LogP contribution >= 0.6 is 24.4 Å². The molecule has 32 heavy (non-hydrogen) atoms. The summed E-state index contributed by atoms with van der Waals surface area (Å²) >= 11 is 11.0. The second-order valence-corrected chi connectivity index (χ2v) is 7.30. The zero-order chi connectivity index (χ0) is 23.3. The highest BCUT2D eigenvalue weighted by Gasteiger charge is 2.19. The van der Waals surface area contributed by atoms with Gasteiger partial charge in [-0.3, -0.25) is 20.8 Å². The number of hydrogen-bond acceptors (Lipinski definition) is 6. The van der Waals surface area contributed by atoms with Crippen LogP contribution in [0.2, 0.25) is 0 Å². The van der Waals surface area contributed by atoms with Gasteiger partial charge in [-0.05, 0) is 76.4 Å². The Labute approximate surface area is 200 Å². The zero-order valence-corrected chi connectivity index (χ0v) is 20.6. The van der Waals surface area contributed by atoms with Crippen LogP contribution in [0.1, 0.15) is 39.1 Å². The van der Waals surface area contributed by atoms with E-state index in [9.17, 15) is 0 Å². The molecule has 2 aromatic rings. The smallest absolute Gasteiger partial charge is 0.189 e. The highest BCUT2D eigenvalue weighted by Crippen LogP contribution is 2.07. The van der Waals surface area contributed by atoms with Crippen molar-refractivity contribution in [2.75, 3.05) is 26.2 Å². The van der Waals surface area contributed by atoms with Gasteiger partial charge in [0.2, 0.25) is 0 Å². The lowest BCUT2D eigenvalue weighted by Gasteiger charge is -2.22. The third-order valence-electron chi connectivity index (χ3n) is 4.67. The van der Waals surface area contributed by atoms with Crippen LogP contribution in [0.25, 0.3) is 0 Å². The second-order valence-electron chi connectivity index (χ2n) is 6.53. The number of nitrogens with zero attached hydrogens (tertiary/aromatic N) is 6. The van der Waals surface area contributed by atoms with E-state index in [1.165, 1.54) is 0 Å². The Bertz CT molecular complexity index is 846. The van der Waals surface area contributed by atoms with E-state index in [4.69, 9.17) is 24.4 Å². The van der Waals surface area contributed by atoms with Gasteiger partial charge in [-0.1, -0.05) is 12.1 Å². The van der Waals surface area contributed by atoms with Gasteiger partial charge < -0.3 is 9.80 Å². The lowest BCUT2D eigenvalue weighted by atomic mass is 10.1. The molecule has 0 aliphatic rings. The Kier molecular flexibility index (Phi) is 10.6. The zero-order valence-electron chi connectivity index (χ0n) is 18.9. The van der Waals surface area contributed by atoms with Gasteiger partial charge in [-0.2, -0.15) is 10.2 Å². The minimum absolute atomic E-state index is 0.494. The Morgan fingerprint density at radius 1 is 0.719 bits per heavy atom. The Morgan fingerprint density at radius 3 is 1.38 bits per heavy atom. The molecule has 170 valence electrons. The van der Waals surface area contributed by atoms with Crippen molar-refractivity contribution < 1.29 is 0 Å².